The molecule has 0 radical (unpaired) electrons. The molecule has 0 bridgehead atoms. The van der Waals surface area contributed by atoms with E-state index in [2.05, 4.69) is 15.3 Å². The number of aromatic nitrogens is 2. The van der Waals surface area contributed by atoms with Crippen LogP contribution in [0.1, 0.15) is 10.4 Å². The molecule has 86 valence electrons. The lowest BCUT2D eigenvalue weighted by atomic mass is 10.2. The minimum Gasteiger partial charge on any atom is -0.382 e. The van der Waals surface area contributed by atoms with Crippen LogP contribution in [0.2, 0.25) is 5.02 Å². The maximum absolute atomic E-state index is 11.8. The summed E-state index contributed by atoms with van der Waals surface area (Å²) in [6.07, 6.45) is 2.95. The van der Waals surface area contributed by atoms with E-state index in [-0.39, 0.29) is 16.7 Å². The van der Waals surface area contributed by atoms with Crippen LogP contribution in [0, 0.1) is 0 Å². The van der Waals surface area contributed by atoms with Crippen molar-refractivity contribution >= 4 is 29.1 Å². The fourth-order valence-electron chi connectivity index (χ4n) is 1.20. The lowest BCUT2D eigenvalue weighted by Gasteiger charge is -2.04. The van der Waals surface area contributed by atoms with E-state index >= 15 is 0 Å². The lowest BCUT2D eigenvalue weighted by Crippen LogP contribution is -2.13. The van der Waals surface area contributed by atoms with Gasteiger partial charge in [0.25, 0.3) is 5.91 Å². The maximum Gasteiger partial charge on any atom is 0.258 e. The molecule has 2 heterocycles. The SMILES string of the molecule is Nc1ncc(C(=O)Nc2ccccn2)cc1Cl. The molecule has 0 saturated carbocycles. The molecular weight excluding hydrogens is 240 g/mol. The highest BCUT2D eigenvalue weighted by atomic mass is 35.5. The first-order valence-electron chi connectivity index (χ1n) is 4.80. The highest BCUT2D eigenvalue weighted by molar-refractivity contribution is 6.33. The summed E-state index contributed by atoms with van der Waals surface area (Å²) in [6.45, 7) is 0. The Bertz CT molecular complexity index is 544. The van der Waals surface area contributed by atoms with Crippen molar-refractivity contribution in [2.45, 2.75) is 0 Å². The van der Waals surface area contributed by atoms with E-state index < -0.39 is 0 Å². The van der Waals surface area contributed by atoms with E-state index in [1.54, 1.807) is 24.4 Å². The number of carbonyl (C=O) groups excluding carboxylic acids is 1. The van der Waals surface area contributed by atoms with E-state index in [1.165, 1.54) is 12.3 Å². The summed E-state index contributed by atoms with van der Waals surface area (Å²) in [4.78, 5) is 19.6. The van der Waals surface area contributed by atoms with Crippen molar-refractivity contribution in [3.63, 3.8) is 0 Å². The largest absolute Gasteiger partial charge is 0.382 e. The number of hydrogen-bond acceptors (Lipinski definition) is 4. The second-order valence-electron chi connectivity index (χ2n) is 3.26. The normalized spacial score (nSPS) is 9.94. The average molecular weight is 249 g/mol. The standard InChI is InChI=1S/C11H9ClN4O/c12-8-5-7(6-15-10(8)13)11(17)16-9-3-1-2-4-14-9/h1-6H,(H2,13,15)(H,14,16,17). The van der Waals surface area contributed by atoms with Crippen LogP contribution in [-0.2, 0) is 0 Å². The van der Waals surface area contributed by atoms with Crippen LogP contribution < -0.4 is 11.1 Å². The molecule has 6 heteroatoms. The molecule has 0 saturated heterocycles. The number of amides is 1. The van der Waals surface area contributed by atoms with Gasteiger partial charge in [-0.05, 0) is 18.2 Å². The Morgan fingerprint density at radius 3 is 2.82 bits per heavy atom. The topological polar surface area (TPSA) is 80.9 Å². The van der Waals surface area contributed by atoms with Gasteiger partial charge in [-0.15, -0.1) is 0 Å². The monoisotopic (exact) mass is 248 g/mol. The number of nitrogens with two attached hydrogens (primary N) is 1. The van der Waals surface area contributed by atoms with Gasteiger partial charge in [0.2, 0.25) is 0 Å². The Hall–Kier alpha value is -2.14. The zero-order chi connectivity index (χ0) is 12.3. The van der Waals surface area contributed by atoms with Crippen LogP contribution in [-0.4, -0.2) is 15.9 Å². The van der Waals surface area contributed by atoms with Crippen LogP contribution in [0.25, 0.3) is 0 Å². The molecule has 0 fully saturated rings. The second-order valence-corrected chi connectivity index (χ2v) is 3.67. The number of carbonyl (C=O) groups is 1. The maximum atomic E-state index is 11.8. The summed E-state index contributed by atoms with van der Waals surface area (Å²) in [5, 5.41) is 2.86. The van der Waals surface area contributed by atoms with Gasteiger partial charge in [0.1, 0.15) is 11.6 Å². The van der Waals surface area contributed by atoms with Crippen molar-refractivity contribution in [3.8, 4) is 0 Å². The highest BCUT2D eigenvalue weighted by Crippen LogP contribution is 2.17. The Morgan fingerprint density at radius 2 is 2.18 bits per heavy atom. The smallest absolute Gasteiger partial charge is 0.258 e. The van der Waals surface area contributed by atoms with Crippen LogP contribution >= 0.6 is 11.6 Å². The van der Waals surface area contributed by atoms with Gasteiger partial charge in [-0.2, -0.15) is 0 Å². The summed E-state index contributed by atoms with van der Waals surface area (Å²) < 4.78 is 0. The molecule has 2 rings (SSSR count). The summed E-state index contributed by atoms with van der Waals surface area (Å²) >= 11 is 5.78. The molecule has 0 aliphatic heterocycles. The second kappa shape index (κ2) is 4.80. The molecule has 0 atom stereocenters. The lowest BCUT2D eigenvalue weighted by molar-refractivity contribution is 0.102. The van der Waals surface area contributed by atoms with Gasteiger partial charge >= 0.3 is 0 Å². The van der Waals surface area contributed by atoms with Crippen molar-refractivity contribution in [1.29, 1.82) is 0 Å². The first-order valence-corrected chi connectivity index (χ1v) is 5.18. The molecule has 5 nitrogen and oxygen atoms in total. The van der Waals surface area contributed by atoms with Crippen molar-refractivity contribution in [3.05, 3.63) is 47.2 Å². The van der Waals surface area contributed by atoms with E-state index in [4.69, 9.17) is 17.3 Å². The number of nitrogen functional groups attached to an aromatic ring is 1. The summed E-state index contributed by atoms with van der Waals surface area (Å²) in [6, 6.07) is 6.68. The van der Waals surface area contributed by atoms with E-state index in [1.807, 2.05) is 0 Å². The zero-order valence-electron chi connectivity index (χ0n) is 8.72. The van der Waals surface area contributed by atoms with Gasteiger partial charge < -0.3 is 11.1 Å². The molecule has 3 N–H and O–H groups in total. The fraction of sp³-hybridized carbons (Fsp3) is 0. The predicted octanol–water partition coefficient (Wildman–Crippen LogP) is 1.96. The number of rotatable bonds is 2. The van der Waals surface area contributed by atoms with Crippen molar-refractivity contribution < 1.29 is 4.79 Å². The number of hydrogen-bond donors (Lipinski definition) is 2. The number of halogens is 1. The first kappa shape index (κ1) is 11.3. The van der Waals surface area contributed by atoms with E-state index in [9.17, 15) is 4.79 Å². The van der Waals surface area contributed by atoms with Crippen LogP contribution in [0.5, 0.6) is 0 Å². The molecule has 17 heavy (non-hydrogen) atoms. The fourth-order valence-corrected chi connectivity index (χ4v) is 1.36. The number of pyridine rings is 2. The summed E-state index contributed by atoms with van der Waals surface area (Å²) in [5.41, 5.74) is 5.78. The molecule has 2 aromatic rings. The third-order valence-corrected chi connectivity index (χ3v) is 2.34. The van der Waals surface area contributed by atoms with Gasteiger partial charge in [0, 0.05) is 12.4 Å². The molecule has 0 spiro atoms. The van der Waals surface area contributed by atoms with E-state index in [0.29, 0.717) is 11.4 Å². The zero-order valence-corrected chi connectivity index (χ0v) is 9.48. The van der Waals surface area contributed by atoms with Gasteiger partial charge in [-0.3, -0.25) is 4.79 Å². The number of anilines is 2. The summed E-state index contributed by atoms with van der Waals surface area (Å²) in [7, 11) is 0. The Balaban J connectivity index is 2.18. The molecule has 0 aliphatic carbocycles. The van der Waals surface area contributed by atoms with Gasteiger partial charge in [-0.1, -0.05) is 17.7 Å². The van der Waals surface area contributed by atoms with Crippen molar-refractivity contribution in [2.24, 2.45) is 0 Å². The average Bonchev–Trinajstić information content (AvgIpc) is 2.34. The van der Waals surface area contributed by atoms with Gasteiger partial charge in [0.05, 0.1) is 10.6 Å². The number of nitrogens with zero attached hydrogens (tertiary/aromatic N) is 2. The van der Waals surface area contributed by atoms with E-state index in [0.717, 1.165) is 0 Å². The molecule has 0 aliphatic rings. The van der Waals surface area contributed by atoms with Gasteiger partial charge in [0.15, 0.2) is 0 Å². The van der Waals surface area contributed by atoms with Gasteiger partial charge in [-0.25, -0.2) is 9.97 Å². The highest BCUT2D eigenvalue weighted by Gasteiger charge is 2.09. The molecule has 0 aromatic carbocycles. The van der Waals surface area contributed by atoms with Crippen LogP contribution in [0.15, 0.2) is 36.7 Å². The third kappa shape index (κ3) is 2.70. The summed E-state index contributed by atoms with van der Waals surface area (Å²) in [5.74, 6) is 0.324. The minimum absolute atomic E-state index is 0.195. The minimum atomic E-state index is -0.335. The van der Waals surface area contributed by atoms with Crippen LogP contribution in [0.4, 0.5) is 11.6 Å². The first-order chi connectivity index (χ1) is 8.16. The van der Waals surface area contributed by atoms with Crippen molar-refractivity contribution in [1.82, 2.24) is 9.97 Å². The molecule has 0 unspecified atom stereocenters. The Kier molecular flexibility index (Phi) is 3.20. The molecule has 1 amide bonds. The quantitative estimate of drug-likeness (QED) is 0.851. The molecule has 2 aromatic heterocycles. The Morgan fingerprint density at radius 1 is 1.35 bits per heavy atom. The van der Waals surface area contributed by atoms with Crippen LogP contribution in [0.3, 0.4) is 0 Å². The number of nitrogens with one attached hydrogen (secondary N) is 1. The Labute approximate surface area is 103 Å². The molecular formula is C11H9ClN4O. The predicted molar refractivity (Wildman–Crippen MR) is 65.8 cm³/mol. The van der Waals surface area contributed by atoms with Crippen molar-refractivity contribution in [2.75, 3.05) is 11.1 Å². The third-order valence-electron chi connectivity index (χ3n) is 2.04.